The van der Waals surface area contributed by atoms with Crippen LogP contribution in [0, 0.1) is 5.92 Å². The van der Waals surface area contributed by atoms with E-state index in [1.54, 1.807) is 0 Å². The molecule has 0 aromatic heterocycles. The highest BCUT2D eigenvalue weighted by Crippen LogP contribution is 2.29. The van der Waals surface area contributed by atoms with Gasteiger partial charge in [-0.15, -0.1) is 0 Å². The van der Waals surface area contributed by atoms with Gasteiger partial charge in [-0.1, -0.05) is 26.0 Å². The van der Waals surface area contributed by atoms with Gasteiger partial charge in [0.25, 0.3) is 0 Å². The molecule has 1 aliphatic rings. The van der Waals surface area contributed by atoms with Gasteiger partial charge in [-0.05, 0) is 23.1 Å². The molecule has 0 fully saturated rings. The fourth-order valence-electron chi connectivity index (χ4n) is 2.44. The number of fused-ring (bicyclic) bond motifs is 1. The smallest absolute Gasteiger partial charge is 0.250 e. The Morgan fingerprint density at radius 3 is 2.89 bits per heavy atom. The molecule has 4 heteroatoms. The van der Waals surface area contributed by atoms with E-state index >= 15 is 0 Å². The summed E-state index contributed by atoms with van der Waals surface area (Å²) in [7, 11) is 0. The summed E-state index contributed by atoms with van der Waals surface area (Å²) in [4.78, 5) is 13.6. The van der Waals surface area contributed by atoms with E-state index in [1.807, 2.05) is 12.1 Å². The Balaban J connectivity index is 2.14. The molecule has 0 atom stereocenters. The number of hydrogen-bond donors (Lipinski definition) is 2. The van der Waals surface area contributed by atoms with E-state index in [4.69, 9.17) is 5.11 Å². The Hall–Kier alpha value is -1.39. The highest BCUT2D eigenvalue weighted by molar-refractivity contribution is 5.92. The molecular weight excluding hydrogens is 228 g/mol. The third kappa shape index (κ3) is 2.89. The number of benzene rings is 1. The van der Waals surface area contributed by atoms with Crippen molar-refractivity contribution in [3.8, 4) is 0 Å². The van der Waals surface area contributed by atoms with Gasteiger partial charge in [-0.2, -0.15) is 0 Å². The molecular formula is C14H20N2O2. The maximum Gasteiger partial charge on any atom is 0.250 e. The van der Waals surface area contributed by atoms with Crippen LogP contribution in [0.5, 0.6) is 0 Å². The zero-order valence-electron chi connectivity index (χ0n) is 10.9. The minimum absolute atomic E-state index is 0.356. The van der Waals surface area contributed by atoms with Crippen LogP contribution in [0.4, 0.5) is 5.69 Å². The first kappa shape index (κ1) is 13.1. The summed E-state index contributed by atoms with van der Waals surface area (Å²) in [5.41, 5.74) is 3.28. The lowest BCUT2D eigenvalue weighted by molar-refractivity contribution is -0.118. The third-order valence-corrected chi connectivity index (χ3v) is 3.09. The van der Waals surface area contributed by atoms with Crippen LogP contribution in [0.1, 0.15) is 25.0 Å². The normalized spacial score (nSPS) is 14.9. The molecule has 18 heavy (non-hydrogen) atoms. The Labute approximate surface area is 108 Å². The van der Waals surface area contributed by atoms with Crippen molar-refractivity contribution in [3.05, 3.63) is 29.3 Å². The quantitative estimate of drug-likeness (QED) is 0.850. The first-order chi connectivity index (χ1) is 8.60. The van der Waals surface area contributed by atoms with Crippen molar-refractivity contribution in [2.45, 2.75) is 26.9 Å². The molecule has 0 saturated heterocycles. The van der Waals surface area contributed by atoms with Crippen molar-refractivity contribution in [2.24, 2.45) is 5.92 Å². The van der Waals surface area contributed by atoms with Gasteiger partial charge >= 0.3 is 0 Å². The Morgan fingerprint density at radius 1 is 1.44 bits per heavy atom. The lowest BCUT2D eigenvalue weighted by Crippen LogP contribution is -2.22. The lowest BCUT2D eigenvalue weighted by atomic mass is 10.1. The van der Waals surface area contributed by atoms with Crippen molar-refractivity contribution in [2.75, 3.05) is 18.5 Å². The molecule has 1 heterocycles. The standard InChI is InChI=1S/C14H20N2O2/c1-10(2)6-16-7-11-4-3-5-13(12(11)8-16)15-14(18)9-17/h3-5,10,17H,6-9H2,1-2H3,(H,15,18). The minimum atomic E-state index is -0.473. The monoisotopic (exact) mass is 248 g/mol. The van der Waals surface area contributed by atoms with Crippen LogP contribution in [0.25, 0.3) is 0 Å². The van der Waals surface area contributed by atoms with Crippen LogP contribution in [0.3, 0.4) is 0 Å². The number of aliphatic hydroxyl groups is 1. The van der Waals surface area contributed by atoms with Gasteiger partial charge in [0.1, 0.15) is 6.61 Å². The molecule has 1 amide bonds. The molecule has 0 spiro atoms. The molecule has 1 aliphatic heterocycles. The van der Waals surface area contributed by atoms with Crippen LogP contribution in [0.15, 0.2) is 18.2 Å². The van der Waals surface area contributed by atoms with E-state index in [1.165, 1.54) is 11.1 Å². The average Bonchev–Trinajstić information content (AvgIpc) is 2.71. The maximum absolute atomic E-state index is 11.3. The predicted octanol–water partition coefficient (Wildman–Crippen LogP) is 1.59. The molecule has 2 rings (SSSR count). The maximum atomic E-state index is 11.3. The largest absolute Gasteiger partial charge is 0.387 e. The molecule has 0 bridgehead atoms. The first-order valence-corrected chi connectivity index (χ1v) is 6.34. The zero-order valence-corrected chi connectivity index (χ0v) is 10.9. The Morgan fingerprint density at radius 2 is 2.22 bits per heavy atom. The Bertz CT molecular complexity index is 443. The van der Waals surface area contributed by atoms with E-state index in [-0.39, 0.29) is 5.91 Å². The highest BCUT2D eigenvalue weighted by atomic mass is 16.3. The molecule has 1 aromatic carbocycles. The second kappa shape index (κ2) is 5.50. The van der Waals surface area contributed by atoms with Crippen LogP contribution < -0.4 is 5.32 Å². The number of anilines is 1. The van der Waals surface area contributed by atoms with Gasteiger partial charge in [-0.3, -0.25) is 9.69 Å². The summed E-state index contributed by atoms with van der Waals surface area (Å²) < 4.78 is 0. The van der Waals surface area contributed by atoms with Crippen LogP contribution in [-0.2, 0) is 17.9 Å². The van der Waals surface area contributed by atoms with E-state index in [0.29, 0.717) is 5.92 Å². The molecule has 2 N–H and O–H groups in total. The highest BCUT2D eigenvalue weighted by Gasteiger charge is 2.22. The topological polar surface area (TPSA) is 52.6 Å². The average molecular weight is 248 g/mol. The summed E-state index contributed by atoms with van der Waals surface area (Å²) in [6.45, 7) is 6.81. The summed E-state index contributed by atoms with van der Waals surface area (Å²) in [5, 5.41) is 11.5. The summed E-state index contributed by atoms with van der Waals surface area (Å²) in [6, 6.07) is 5.94. The summed E-state index contributed by atoms with van der Waals surface area (Å²) in [5.74, 6) is 0.278. The van der Waals surface area contributed by atoms with Crippen molar-refractivity contribution < 1.29 is 9.90 Å². The molecule has 4 nitrogen and oxygen atoms in total. The fraction of sp³-hybridized carbons (Fsp3) is 0.500. The molecule has 0 radical (unpaired) electrons. The van der Waals surface area contributed by atoms with Gasteiger partial charge in [0, 0.05) is 25.3 Å². The summed E-state index contributed by atoms with van der Waals surface area (Å²) in [6.07, 6.45) is 0. The fourth-order valence-corrected chi connectivity index (χ4v) is 2.44. The van der Waals surface area contributed by atoms with Crippen LogP contribution >= 0.6 is 0 Å². The second-order valence-corrected chi connectivity index (χ2v) is 5.21. The van der Waals surface area contributed by atoms with E-state index < -0.39 is 6.61 Å². The van der Waals surface area contributed by atoms with E-state index in [9.17, 15) is 4.79 Å². The first-order valence-electron chi connectivity index (χ1n) is 6.34. The number of hydrogen-bond acceptors (Lipinski definition) is 3. The number of nitrogens with zero attached hydrogens (tertiary/aromatic N) is 1. The lowest BCUT2D eigenvalue weighted by Gasteiger charge is -2.17. The van der Waals surface area contributed by atoms with Crippen molar-refractivity contribution in [1.82, 2.24) is 4.90 Å². The number of rotatable bonds is 4. The van der Waals surface area contributed by atoms with E-state index in [0.717, 1.165) is 25.3 Å². The SMILES string of the molecule is CC(C)CN1Cc2cccc(NC(=O)CO)c2C1. The number of carbonyl (C=O) groups excluding carboxylic acids is 1. The van der Waals surface area contributed by atoms with Gasteiger partial charge in [0.15, 0.2) is 0 Å². The van der Waals surface area contributed by atoms with Crippen molar-refractivity contribution in [3.63, 3.8) is 0 Å². The Kier molecular flexibility index (Phi) is 3.99. The third-order valence-electron chi connectivity index (χ3n) is 3.09. The number of nitrogens with one attached hydrogen (secondary N) is 1. The van der Waals surface area contributed by atoms with Crippen molar-refractivity contribution in [1.29, 1.82) is 0 Å². The molecule has 0 aliphatic carbocycles. The van der Waals surface area contributed by atoms with Gasteiger partial charge in [-0.25, -0.2) is 0 Å². The van der Waals surface area contributed by atoms with Gasteiger partial charge < -0.3 is 10.4 Å². The zero-order chi connectivity index (χ0) is 13.1. The molecule has 98 valence electrons. The molecule has 1 aromatic rings. The van der Waals surface area contributed by atoms with Gasteiger partial charge in [0.05, 0.1) is 0 Å². The summed E-state index contributed by atoms with van der Waals surface area (Å²) >= 11 is 0. The van der Waals surface area contributed by atoms with Crippen molar-refractivity contribution >= 4 is 11.6 Å². The number of carbonyl (C=O) groups is 1. The number of amides is 1. The van der Waals surface area contributed by atoms with E-state index in [2.05, 4.69) is 30.1 Å². The number of aliphatic hydroxyl groups excluding tert-OH is 1. The minimum Gasteiger partial charge on any atom is -0.387 e. The predicted molar refractivity (Wildman–Crippen MR) is 71.1 cm³/mol. The second-order valence-electron chi connectivity index (χ2n) is 5.21. The van der Waals surface area contributed by atoms with Crippen LogP contribution in [-0.4, -0.2) is 29.1 Å². The van der Waals surface area contributed by atoms with Gasteiger partial charge in [0.2, 0.25) is 5.91 Å². The molecule has 0 saturated carbocycles. The van der Waals surface area contributed by atoms with Crippen LogP contribution in [0.2, 0.25) is 0 Å². The molecule has 0 unspecified atom stereocenters.